The lowest BCUT2D eigenvalue weighted by atomic mass is 10.0. The highest BCUT2D eigenvalue weighted by Crippen LogP contribution is 2.28. The van der Waals surface area contributed by atoms with E-state index < -0.39 is 6.10 Å². The molecule has 1 aromatic rings. The molecular weight excluding hydrogens is 336 g/mol. The third-order valence-electron chi connectivity index (χ3n) is 4.13. The minimum absolute atomic E-state index is 0.358. The van der Waals surface area contributed by atoms with Crippen LogP contribution in [0.1, 0.15) is 18.2 Å². The van der Waals surface area contributed by atoms with Crippen molar-refractivity contribution in [2.45, 2.75) is 25.1 Å². The van der Waals surface area contributed by atoms with Crippen molar-refractivity contribution in [2.75, 3.05) is 47.4 Å². The second-order valence-corrected chi connectivity index (χ2v) is 6.60. The summed E-state index contributed by atoms with van der Waals surface area (Å²) in [5, 5.41) is 15.0. The van der Waals surface area contributed by atoms with E-state index in [4.69, 9.17) is 4.74 Å². The zero-order valence-corrected chi connectivity index (χ0v) is 14.6. The van der Waals surface area contributed by atoms with Gasteiger partial charge in [0.1, 0.15) is 0 Å². The molecule has 1 saturated heterocycles. The van der Waals surface area contributed by atoms with Crippen molar-refractivity contribution in [3.05, 3.63) is 16.4 Å². The molecule has 1 aliphatic rings. The number of likely N-dealkylation sites (N-methyl/N-ethyl adjacent to an activating group) is 2. The zero-order valence-electron chi connectivity index (χ0n) is 13.0. The molecule has 0 radical (unpaired) electrons. The molecule has 2 heterocycles. The highest BCUT2D eigenvalue weighted by Gasteiger charge is 2.27. The van der Waals surface area contributed by atoms with Crippen molar-refractivity contribution in [1.82, 2.24) is 19.6 Å². The van der Waals surface area contributed by atoms with Crippen LogP contribution < -0.4 is 0 Å². The smallest absolute Gasteiger partial charge is 0.0983 e. The second kappa shape index (κ2) is 7.69. The van der Waals surface area contributed by atoms with Gasteiger partial charge in [0.25, 0.3) is 0 Å². The summed E-state index contributed by atoms with van der Waals surface area (Å²) in [5.41, 5.74) is 0.841. The summed E-state index contributed by atoms with van der Waals surface area (Å²) in [6.07, 6.45) is 1.92. The maximum absolute atomic E-state index is 10.6. The summed E-state index contributed by atoms with van der Waals surface area (Å²) in [5.74, 6) is 0. The van der Waals surface area contributed by atoms with Gasteiger partial charge in [-0.3, -0.25) is 4.68 Å². The van der Waals surface area contributed by atoms with Crippen LogP contribution in [-0.4, -0.2) is 78.2 Å². The minimum atomic E-state index is -0.530. The van der Waals surface area contributed by atoms with E-state index in [9.17, 15) is 5.11 Å². The second-order valence-electron chi connectivity index (χ2n) is 5.74. The van der Waals surface area contributed by atoms with Gasteiger partial charge in [-0.05, 0) is 36.4 Å². The van der Waals surface area contributed by atoms with Crippen molar-refractivity contribution in [1.29, 1.82) is 0 Å². The Hall–Kier alpha value is -0.470. The van der Waals surface area contributed by atoms with Crippen molar-refractivity contribution in [3.63, 3.8) is 0 Å². The fourth-order valence-electron chi connectivity index (χ4n) is 2.78. The number of halogens is 1. The molecule has 7 heteroatoms. The number of hydrogen-bond acceptors (Lipinski definition) is 5. The molecule has 0 spiro atoms. The summed E-state index contributed by atoms with van der Waals surface area (Å²) in [6.45, 7) is 4.34. The Bertz CT molecular complexity index is 454. The average molecular weight is 361 g/mol. The van der Waals surface area contributed by atoms with Gasteiger partial charge in [0.2, 0.25) is 0 Å². The molecule has 6 nitrogen and oxygen atoms in total. The number of nitrogens with zero attached hydrogens (tertiary/aromatic N) is 4. The number of methoxy groups -OCH3 is 1. The first-order valence-corrected chi connectivity index (χ1v) is 8.09. The first-order chi connectivity index (χ1) is 10.0. The van der Waals surface area contributed by atoms with E-state index in [2.05, 4.69) is 44.9 Å². The first-order valence-electron chi connectivity index (χ1n) is 7.30. The number of piperazine rings is 1. The van der Waals surface area contributed by atoms with Gasteiger partial charge >= 0.3 is 0 Å². The number of aromatic nitrogens is 2. The van der Waals surface area contributed by atoms with E-state index in [0.29, 0.717) is 25.6 Å². The molecule has 1 aromatic heterocycles. The Balaban J connectivity index is 2.05. The fourth-order valence-corrected chi connectivity index (χ4v) is 3.34. The number of rotatable bonds is 6. The van der Waals surface area contributed by atoms with Crippen molar-refractivity contribution >= 4 is 15.9 Å². The van der Waals surface area contributed by atoms with Gasteiger partial charge in [-0.2, -0.15) is 5.10 Å². The fraction of sp³-hybridized carbons (Fsp3) is 0.786. The van der Waals surface area contributed by atoms with Crippen LogP contribution in [0.4, 0.5) is 0 Å². The average Bonchev–Trinajstić information content (AvgIpc) is 2.81. The number of ether oxygens (including phenoxy) is 1. The third-order valence-corrected chi connectivity index (χ3v) is 4.74. The summed E-state index contributed by atoms with van der Waals surface area (Å²) in [7, 11) is 5.92. The van der Waals surface area contributed by atoms with Crippen LogP contribution in [0.5, 0.6) is 0 Å². The summed E-state index contributed by atoms with van der Waals surface area (Å²) < 4.78 is 7.78. The Kier molecular flexibility index (Phi) is 6.19. The van der Waals surface area contributed by atoms with Gasteiger partial charge in [-0.25, -0.2) is 0 Å². The van der Waals surface area contributed by atoms with Crippen molar-refractivity contribution in [2.24, 2.45) is 0 Å². The van der Waals surface area contributed by atoms with Crippen LogP contribution in [0.15, 0.2) is 10.7 Å². The lowest BCUT2D eigenvalue weighted by molar-refractivity contribution is 0.0590. The van der Waals surface area contributed by atoms with Crippen LogP contribution in [0.25, 0.3) is 0 Å². The SMILES string of the molecule is COCCn1ncc(Br)c1C(O)CC1CN(C)CCN1C. The largest absolute Gasteiger partial charge is 0.387 e. The number of aliphatic hydroxyl groups is 1. The quantitative estimate of drug-likeness (QED) is 0.818. The lowest BCUT2D eigenvalue weighted by Crippen LogP contribution is -2.50. The van der Waals surface area contributed by atoms with Crippen LogP contribution in [0.2, 0.25) is 0 Å². The highest BCUT2D eigenvalue weighted by molar-refractivity contribution is 9.10. The minimum Gasteiger partial charge on any atom is -0.387 e. The Morgan fingerprint density at radius 3 is 2.95 bits per heavy atom. The summed E-state index contributed by atoms with van der Waals surface area (Å²) in [6, 6.07) is 0.358. The molecule has 2 atom stereocenters. The van der Waals surface area contributed by atoms with E-state index in [1.165, 1.54) is 0 Å². The summed E-state index contributed by atoms with van der Waals surface area (Å²) >= 11 is 3.49. The Morgan fingerprint density at radius 1 is 1.48 bits per heavy atom. The zero-order chi connectivity index (χ0) is 15.4. The molecule has 0 bridgehead atoms. The molecular formula is C14H25BrN4O2. The predicted octanol–water partition coefficient (Wildman–Crippen LogP) is 0.961. The topological polar surface area (TPSA) is 53.8 Å². The first kappa shape index (κ1) is 16.9. The molecule has 2 unspecified atom stereocenters. The normalized spacial score (nSPS) is 22.6. The monoisotopic (exact) mass is 360 g/mol. The Labute approximate surface area is 134 Å². The number of hydrogen-bond donors (Lipinski definition) is 1. The van der Waals surface area contributed by atoms with Gasteiger partial charge in [0, 0.05) is 32.8 Å². The van der Waals surface area contributed by atoms with E-state index in [1.807, 2.05) is 4.68 Å². The molecule has 120 valence electrons. The van der Waals surface area contributed by atoms with Crippen LogP contribution in [0.3, 0.4) is 0 Å². The highest BCUT2D eigenvalue weighted by atomic mass is 79.9. The van der Waals surface area contributed by atoms with Crippen LogP contribution >= 0.6 is 15.9 Å². The van der Waals surface area contributed by atoms with Crippen LogP contribution in [0, 0.1) is 0 Å². The molecule has 21 heavy (non-hydrogen) atoms. The van der Waals surface area contributed by atoms with Crippen molar-refractivity contribution in [3.8, 4) is 0 Å². The maximum Gasteiger partial charge on any atom is 0.0983 e. The van der Waals surface area contributed by atoms with Crippen molar-refractivity contribution < 1.29 is 9.84 Å². The van der Waals surface area contributed by atoms with Gasteiger partial charge in [0.15, 0.2) is 0 Å². The van der Waals surface area contributed by atoms with E-state index >= 15 is 0 Å². The van der Waals surface area contributed by atoms with Gasteiger partial charge < -0.3 is 19.6 Å². The lowest BCUT2D eigenvalue weighted by Gasteiger charge is -2.38. The third kappa shape index (κ3) is 4.26. The van der Waals surface area contributed by atoms with Crippen LogP contribution in [-0.2, 0) is 11.3 Å². The molecule has 1 aliphatic heterocycles. The Morgan fingerprint density at radius 2 is 2.24 bits per heavy atom. The van der Waals surface area contributed by atoms with E-state index in [-0.39, 0.29) is 0 Å². The van der Waals surface area contributed by atoms with E-state index in [0.717, 1.165) is 29.8 Å². The molecule has 0 saturated carbocycles. The standard InChI is InChI=1S/C14H25BrN4O2/c1-17-4-5-18(2)11(10-17)8-13(20)14-12(15)9-16-19(14)6-7-21-3/h9,11,13,20H,4-8,10H2,1-3H3. The number of aliphatic hydroxyl groups excluding tert-OH is 1. The molecule has 0 amide bonds. The molecule has 1 N–H and O–H groups in total. The van der Waals surface area contributed by atoms with Gasteiger partial charge in [0.05, 0.1) is 35.6 Å². The molecule has 2 rings (SSSR count). The maximum atomic E-state index is 10.6. The van der Waals surface area contributed by atoms with E-state index in [1.54, 1.807) is 13.3 Å². The summed E-state index contributed by atoms with van der Waals surface area (Å²) in [4.78, 5) is 4.64. The van der Waals surface area contributed by atoms with Gasteiger partial charge in [-0.1, -0.05) is 0 Å². The molecule has 0 aromatic carbocycles. The molecule has 0 aliphatic carbocycles. The molecule has 1 fully saturated rings. The van der Waals surface area contributed by atoms with Gasteiger partial charge in [-0.15, -0.1) is 0 Å². The predicted molar refractivity (Wildman–Crippen MR) is 85.3 cm³/mol.